The molecule has 2 unspecified atom stereocenters. The van der Waals surface area contributed by atoms with E-state index >= 15 is 0 Å². The fraction of sp³-hybridized carbons (Fsp3) is 0.846. The van der Waals surface area contributed by atoms with Crippen LogP contribution in [0.3, 0.4) is 0 Å². The molecule has 1 aliphatic rings. The number of hydrogen-bond donors (Lipinski definition) is 2. The Kier molecular flexibility index (Phi) is 4.11. The maximum Gasteiger partial charge on any atom is 0.226 e. The van der Waals surface area contributed by atoms with E-state index in [1.54, 1.807) is 0 Å². The summed E-state index contributed by atoms with van der Waals surface area (Å²) in [6, 6.07) is 0. The second-order valence-corrected chi connectivity index (χ2v) is 5.85. The Balaban J connectivity index is 2.37. The first-order valence-electron chi connectivity index (χ1n) is 6.22. The van der Waals surface area contributed by atoms with Crippen molar-refractivity contribution in [2.24, 2.45) is 11.8 Å². The van der Waals surface area contributed by atoms with Crippen LogP contribution < -0.4 is 5.32 Å². The van der Waals surface area contributed by atoms with Gasteiger partial charge in [0.1, 0.15) is 0 Å². The molecule has 3 heteroatoms. The molecule has 0 aliphatic heterocycles. The van der Waals surface area contributed by atoms with Gasteiger partial charge in [-0.3, -0.25) is 4.79 Å². The molecule has 0 radical (unpaired) electrons. The minimum Gasteiger partial charge on any atom is -0.351 e. The average Bonchev–Trinajstić information content (AvgIpc) is 1.97. The zero-order valence-corrected chi connectivity index (χ0v) is 10.9. The predicted octanol–water partition coefficient (Wildman–Crippen LogP) is 2.75. The van der Waals surface area contributed by atoms with Gasteiger partial charge in [0.15, 0.2) is 0 Å². The van der Waals surface area contributed by atoms with Crippen LogP contribution in [0.1, 0.15) is 53.4 Å². The van der Waals surface area contributed by atoms with Crippen molar-refractivity contribution >= 4 is 11.6 Å². The molecule has 0 aromatic heterocycles. The maximum absolute atomic E-state index is 11.7. The molecule has 92 valence electrons. The molecule has 1 fully saturated rings. The van der Waals surface area contributed by atoms with Crippen LogP contribution in [0.2, 0.25) is 0 Å². The van der Waals surface area contributed by atoms with Gasteiger partial charge in [0.25, 0.3) is 0 Å². The van der Waals surface area contributed by atoms with Crippen molar-refractivity contribution in [2.45, 2.75) is 58.9 Å². The first-order chi connectivity index (χ1) is 7.33. The van der Waals surface area contributed by atoms with E-state index in [0.29, 0.717) is 17.5 Å². The van der Waals surface area contributed by atoms with E-state index in [-0.39, 0.29) is 17.9 Å². The molecule has 0 saturated heterocycles. The molecule has 2 N–H and O–H groups in total. The van der Waals surface area contributed by atoms with Gasteiger partial charge in [0.05, 0.1) is 6.42 Å². The van der Waals surface area contributed by atoms with Crippen LogP contribution in [0.4, 0.5) is 0 Å². The highest BCUT2D eigenvalue weighted by Gasteiger charge is 2.33. The number of carbonyl (C=O) groups is 1. The van der Waals surface area contributed by atoms with E-state index < -0.39 is 0 Å². The summed E-state index contributed by atoms with van der Waals surface area (Å²) in [5.74, 6) is 1.00. The third kappa shape index (κ3) is 3.62. The number of hydrogen-bond acceptors (Lipinski definition) is 2. The highest BCUT2D eigenvalue weighted by Crippen LogP contribution is 2.37. The van der Waals surface area contributed by atoms with Crippen molar-refractivity contribution in [1.82, 2.24) is 5.32 Å². The van der Waals surface area contributed by atoms with E-state index in [1.165, 1.54) is 6.42 Å². The molecule has 0 aromatic rings. The van der Waals surface area contributed by atoms with Crippen molar-refractivity contribution in [3.63, 3.8) is 0 Å². The van der Waals surface area contributed by atoms with Gasteiger partial charge in [-0.25, -0.2) is 0 Å². The zero-order chi connectivity index (χ0) is 12.3. The smallest absolute Gasteiger partial charge is 0.226 e. The SMILES string of the molecule is CCC1CCC1C(=N)CC(=O)NC(C)(C)C. The second kappa shape index (κ2) is 4.98. The van der Waals surface area contributed by atoms with Crippen LogP contribution in [0.15, 0.2) is 0 Å². The van der Waals surface area contributed by atoms with E-state index in [4.69, 9.17) is 5.41 Å². The van der Waals surface area contributed by atoms with Crippen LogP contribution in [0.5, 0.6) is 0 Å². The van der Waals surface area contributed by atoms with Crippen LogP contribution in [0.25, 0.3) is 0 Å². The van der Waals surface area contributed by atoms with Crippen molar-refractivity contribution < 1.29 is 4.79 Å². The van der Waals surface area contributed by atoms with Crippen molar-refractivity contribution in [3.8, 4) is 0 Å². The summed E-state index contributed by atoms with van der Waals surface area (Å²) in [5.41, 5.74) is 0.432. The van der Waals surface area contributed by atoms with Crippen LogP contribution in [-0.2, 0) is 4.79 Å². The molecule has 1 amide bonds. The topological polar surface area (TPSA) is 53.0 Å². The number of rotatable bonds is 4. The third-order valence-corrected chi connectivity index (χ3v) is 3.25. The quantitative estimate of drug-likeness (QED) is 0.709. The average molecular weight is 224 g/mol. The molecule has 3 nitrogen and oxygen atoms in total. The van der Waals surface area contributed by atoms with Gasteiger partial charge < -0.3 is 10.7 Å². The Morgan fingerprint density at radius 2 is 2.00 bits per heavy atom. The Morgan fingerprint density at radius 1 is 1.38 bits per heavy atom. The lowest BCUT2D eigenvalue weighted by Gasteiger charge is -2.36. The summed E-state index contributed by atoms with van der Waals surface area (Å²) in [5, 5.41) is 10.9. The molecule has 0 bridgehead atoms. The molecule has 2 atom stereocenters. The van der Waals surface area contributed by atoms with Gasteiger partial charge in [-0.2, -0.15) is 0 Å². The Hall–Kier alpha value is -0.860. The lowest BCUT2D eigenvalue weighted by Crippen LogP contribution is -2.43. The van der Waals surface area contributed by atoms with Crippen molar-refractivity contribution in [1.29, 1.82) is 5.41 Å². The monoisotopic (exact) mass is 224 g/mol. The fourth-order valence-corrected chi connectivity index (χ4v) is 2.28. The Bertz CT molecular complexity index is 276. The largest absolute Gasteiger partial charge is 0.351 e. The van der Waals surface area contributed by atoms with Gasteiger partial charge in [-0.1, -0.05) is 13.3 Å². The summed E-state index contributed by atoms with van der Waals surface area (Å²) < 4.78 is 0. The van der Waals surface area contributed by atoms with Crippen molar-refractivity contribution in [3.05, 3.63) is 0 Å². The molecule has 16 heavy (non-hydrogen) atoms. The minimum absolute atomic E-state index is 0.0146. The van der Waals surface area contributed by atoms with Gasteiger partial charge in [0, 0.05) is 11.3 Å². The Morgan fingerprint density at radius 3 is 2.38 bits per heavy atom. The number of nitrogens with one attached hydrogen (secondary N) is 2. The van der Waals surface area contributed by atoms with Gasteiger partial charge in [0.2, 0.25) is 5.91 Å². The first-order valence-corrected chi connectivity index (χ1v) is 6.22. The Labute approximate surface area is 98.5 Å². The van der Waals surface area contributed by atoms with Gasteiger partial charge in [-0.05, 0) is 45.4 Å². The summed E-state index contributed by atoms with van der Waals surface area (Å²) in [6.07, 6.45) is 3.73. The first kappa shape index (κ1) is 13.2. The molecule has 1 saturated carbocycles. The molecular weight excluding hydrogens is 200 g/mol. The molecule has 1 rings (SSSR count). The standard InChI is InChI=1S/C13H24N2O/c1-5-9-6-7-10(9)11(14)8-12(16)15-13(2,3)4/h9-10,14H,5-8H2,1-4H3,(H,15,16). The van der Waals surface area contributed by atoms with E-state index in [9.17, 15) is 4.79 Å². The minimum atomic E-state index is -0.193. The van der Waals surface area contributed by atoms with Crippen LogP contribution in [-0.4, -0.2) is 17.2 Å². The highest BCUT2D eigenvalue weighted by atomic mass is 16.1. The summed E-state index contributed by atoms with van der Waals surface area (Å²) in [4.78, 5) is 11.7. The van der Waals surface area contributed by atoms with Crippen LogP contribution >= 0.6 is 0 Å². The molecular formula is C13H24N2O. The molecule has 1 aliphatic carbocycles. The van der Waals surface area contributed by atoms with E-state index in [0.717, 1.165) is 12.8 Å². The molecule has 0 spiro atoms. The summed E-state index contributed by atoms with van der Waals surface area (Å²) in [7, 11) is 0. The fourth-order valence-electron chi connectivity index (χ4n) is 2.28. The molecule has 0 heterocycles. The predicted molar refractivity (Wildman–Crippen MR) is 66.7 cm³/mol. The highest BCUT2D eigenvalue weighted by molar-refractivity contribution is 6.01. The van der Waals surface area contributed by atoms with Gasteiger partial charge in [-0.15, -0.1) is 0 Å². The van der Waals surface area contributed by atoms with Crippen LogP contribution in [0, 0.1) is 17.2 Å². The summed E-state index contributed by atoms with van der Waals surface area (Å²) in [6.45, 7) is 8.06. The lowest BCUT2D eigenvalue weighted by molar-refractivity contribution is -0.121. The third-order valence-electron chi connectivity index (χ3n) is 3.25. The normalized spacial score (nSPS) is 24.8. The maximum atomic E-state index is 11.7. The van der Waals surface area contributed by atoms with E-state index in [2.05, 4.69) is 12.2 Å². The molecule has 0 aromatic carbocycles. The van der Waals surface area contributed by atoms with Gasteiger partial charge >= 0.3 is 0 Å². The summed E-state index contributed by atoms with van der Waals surface area (Å²) >= 11 is 0. The lowest BCUT2D eigenvalue weighted by atomic mass is 9.69. The van der Waals surface area contributed by atoms with Crippen molar-refractivity contribution in [2.75, 3.05) is 0 Å². The number of amides is 1. The zero-order valence-electron chi connectivity index (χ0n) is 10.9. The second-order valence-electron chi connectivity index (χ2n) is 5.85. The van der Waals surface area contributed by atoms with E-state index in [1.807, 2.05) is 20.8 Å². The number of carbonyl (C=O) groups excluding carboxylic acids is 1.